The second kappa shape index (κ2) is 8.62. The van der Waals surface area contributed by atoms with Crippen molar-refractivity contribution in [3.05, 3.63) is 16.1 Å². The number of likely N-dealkylation sites (tertiary alicyclic amines) is 1. The quantitative estimate of drug-likeness (QED) is 0.855. The van der Waals surface area contributed by atoms with Crippen LogP contribution in [0.2, 0.25) is 0 Å². The van der Waals surface area contributed by atoms with E-state index in [-0.39, 0.29) is 18.0 Å². The Morgan fingerprint density at radius 1 is 1.36 bits per heavy atom. The van der Waals surface area contributed by atoms with Crippen molar-refractivity contribution in [3.8, 4) is 0 Å². The number of aryl methyl sites for hydroxylation is 1. The molecule has 0 aromatic carbocycles. The van der Waals surface area contributed by atoms with Crippen molar-refractivity contribution < 1.29 is 14.3 Å². The topological polar surface area (TPSA) is 74.8 Å². The van der Waals surface area contributed by atoms with E-state index < -0.39 is 0 Å². The maximum absolute atomic E-state index is 12.7. The molecule has 1 aromatic rings. The Hall–Kier alpha value is -1.67. The zero-order valence-electron chi connectivity index (χ0n) is 14.7. The number of amides is 3. The van der Waals surface area contributed by atoms with Gasteiger partial charge in [0.2, 0.25) is 5.91 Å². The number of nitrogens with zero attached hydrogens (tertiary/aromatic N) is 3. The van der Waals surface area contributed by atoms with Crippen LogP contribution in [-0.2, 0) is 16.0 Å². The number of carbonyl (C=O) groups is 2. The summed E-state index contributed by atoms with van der Waals surface area (Å²) in [7, 11) is 0. The molecule has 0 radical (unpaired) electrons. The molecule has 0 bridgehead atoms. The van der Waals surface area contributed by atoms with Gasteiger partial charge in [0.15, 0.2) is 0 Å². The number of hydrogen-bond donors (Lipinski definition) is 1. The highest BCUT2D eigenvalue weighted by Gasteiger charge is 2.32. The Bertz CT molecular complexity index is 600. The molecule has 8 heteroatoms. The SMILES string of the molecule is Cc1ncsc1CCNC(=O)CC1COCCN1C(=O)N1CCCC1. The zero-order chi connectivity index (χ0) is 17.6. The van der Waals surface area contributed by atoms with E-state index in [1.807, 2.05) is 22.2 Å². The molecule has 138 valence electrons. The maximum atomic E-state index is 12.7. The number of aromatic nitrogens is 1. The fraction of sp³-hybridized carbons (Fsp3) is 0.706. The number of rotatable bonds is 5. The lowest BCUT2D eigenvalue weighted by molar-refractivity contribution is -0.123. The van der Waals surface area contributed by atoms with Gasteiger partial charge in [-0.2, -0.15) is 0 Å². The van der Waals surface area contributed by atoms with Gasteiger partial charge >= 0.3 is 6.03 Å². The maximum Gasteiger partial charge on any atom is 0.320 e. The Morgan fingerprint density at radius 2 is 2.16 bits per heavy atom. The second-order valence-corrected chi connectivity index (χ2v) is 7.50. The van der Waals surface area contributed by atoms with Gasteiger partial charge < -0.3 is 19.9 Å². The Balaban J connectivity index is 1.48. The van der Waals surface area contributed by atoms with Crippen molar-refractivity contribution in [1.82, 2.24) is 20.1 Å². The summed E-state index contributed by atoms with van der Waals surface area (Å²) in [4.78, 5) is 34.1. The molecule has 0 spiro atoms. The molecular formula is C17H26N4O3S. The van der Waals surface area contributed by atoms with Crippen molar-refractivity contribution in [2.24, 2.45) is 0 Å². The predicted molar refractivity (Wildman–Crippen MR) is 95.7 cm³/mol. The monoisotopic (exact) mass is 366 g/mol. The summed E-state index contributed by atoms with van der Waals surface area (Å²) in [5, 5.41) is 2.96. The molecule has 2 fully saturated rings. The first kappa shape index (κ1) is 18.1. The summed E-state index contributed by atoms with van der Waals surface area (Å²) in [6, 6.07) is -0.120. The van der Waals surface area contributed by atoms with Gasteiger partial charge in [0.05, 0.1) is 30.5 Å². The van der Waals surface area contributed by atoms with Crippen LogP contribution in [0.25, 0.3) is 0 Å². The Kier molecular flexibility index (Phi) is 6.25. The standard InChI is InChI=1S/C17H26N4O3S/c1-13-15(25-12-19-13)4-5-18-16(22)10-14-11-24-9-8-21(14)17(23)20-6-2-3-7-20/h12,14H,2-11H2,1H3,(H,18,22). The average molecular weight is 366 g/mol. The Labute approximate surface area is 152 Å². The van der Waals surface area contributed by atoms with E-state index in [2.05, 4.69) is 10.3 Å². The van der Waals surface area contributed by atoms with E-state index in [0.29, 0.717) is 32.7 Å². The van der Waals surface area contributed by atoms with Crippen LogP contribution in [0.1, 0.15) is 29.8 Å². The summed E-state index contributed by atoms with van der Waals surface area (Å²) >= 11 is 1.61. The van der Waals surface area contributed by atoms with Crippen LogP contribution >= 0.6 is 11.3 Å². The van der Waals surface area contributed by atoms with Gasteiger partial charge in [-0.05, 0) is 19.8 Å². The van der Waals surface area contributed by atoms with Crippen LogP contribution < -0.4 is 5.32 Å². The largest absolute Gasteiger partial charge is 0.377 e. The third kappa shape index (κ3) is 4.70. The Morgan fingerprint density at radius 3 is 2.88 bits per heavy atom. The molecule has 0 aliphatic carbocycles. The van der Waals surface area contributed by atoms with E-state index in [1.165, 1.54) is 4.88 Å². The van der Waals surface area contributed by atoms with E-state index in [0.717, 1.165) is 38.0 Å². The summed E-state index contributed by atoms with van der Waals surface area (Å²) in [6.45, 7) is 5.76. The van der Waals surface area contributed by atoms with Gasteiger partial charge in [0, 0.05) is 43.9 Å². The second-order valence-electron chi connectivity index (χ2n) is 6.56. The van der Waals surface area contributed by atoms with Gasteiger partial charge in [-0.3, -0.25) is 4.79 Å². The van der Waals surface area contributed by atoms with Crippen molar-refractivity contribution >= 4 is 23.3 Å². The highest BCUT2D eigenvalue weighted by atomic mass is 32.1. The van der Waals surface area contributed by atoms with E-state index >= 15 is 0 Å². The summed E-state index contributed by atoms with van der Waals surface area (Å²) in [5.41, 5.74) is 2.86. The van der Waals surface area contributed by atoms with Crippen LogP contribution in [0.4, 0.5) is 4.79 Å². The fourth-order valence-electron chi connectivity index (χ4n) is 3.33. The summed E-state index contributed by atoms with van der Waals surface area (Å²) < 4.78 is 5.51. The smallest absolute Gasteiger partial charge is 0.320 e. The van der Waals surface area contributed by atoms with E-state index in [4.69, 9.17) is 4.74 Å². The van der Waals surface area contributed by atoms with Crippen molar-refractivity contribution in [3.63, 3.8) is 0 Å². The minimum absolute atomic E-state index is 0.0307. The molecule has 25 heavy (non-hydrogen) atoms. The summed E-state index contributed by atoms with van der Waals surface area (Å²) in [5.74, 6) is -0.0307. The lowest BCUT2D eigenvalue weighted by Gasteiger charge is -2.37. The molecule has 2 aliphatic heterocycles. The molecule has 1 atom stereocenters. The lowest BCUT2D eigenvalue weighted by atomic mass is 10.1. The van der Waals surface area contributed by atoms with Gasteiger partial charge in [0.25, 0.3) is 0 Å². The first-order valence-corrected chi connectivity index (χ1v) is 9.82. The highest BCUT2D eigenvalue weighted by molar-refractivity contribution is 7.09. The first-order chi connectivity index (χ1) is 12.1. The summed E-state index contributed by atoms with van der Waals surface area (Å²) in [6.07, 6.45) is 3.22. The predicted octanol–water partition coefficient (Wildman–Crippen LogP) is 1.42. The van der Waals surface area contributed by atoms with Gasteiger partial charge in [-0.25, -0.2) is 9.78 Å². The fourth-order valence-corrected chi connectivity index (χ4v) is 4.11. The molecule has 1 N–H and O–H groups in total. The molecule has 3 rings (SSSR count). The van der Waals surface area contributed by atoms with Crippen LogP contribution in [0.3, 0.4) is 0 Å². The highest BCUT2D eigenvalue weighted by Crippen LogP contribution is 2.17. The normalized spacial score (nSPS) is 20.8. The van der Waals surface area contributed by atoms with Gasteiger partial charge in [-0.15, -0.1) is 11.3 Å². The number of morpholine rings is 1. The molecule has 1 aromatic heterocycles. The minimum Gasteiger partial charge on any atom is -0.377 e. The number of thiazole rings is 1. The van der Waals surface area contributed by atoms with Crippen molar-refractivity contribution in [1.29, 1.82) is 0 Å². The minimum atomic E-state index is -0.174. The molecule has 2 aliphatic rings. The van der Waals surface area contributed by atoms with Crippen LogP contribution in [0, 0.1) is 6.92 Å². The molecular weight excluding hydrogens is 340 g/mol. The number of carbonyl (C=O) groups excluding carboxylic acids is 2. The van der Waals surface area contributed by atoms with E-state index in [1.54, 1.807) is 11.3 Å². The lowest BCUT2D eigenvalue weighted by Crippen LogP contribution is -2.54. The third-order valence-electron chi connectivity index (χ3n) is 4.79. The third-order valence-corrected chi connectivity index (χ3v) is 5.78. The van der Waals surface area contributed by atoms with Crippen LogP contribution in [0.15, 0.2) is 5.51 Å². The van der Waals surface area contributed by atoms with E-state index in [9.17, 15) is 9.59 Å². The number of nitrogens with one attached hydrogen (secondary N) is 1. The molecule has 3 heterocycles. The molecule has 7 nitrogen and oxygen atoms in total. The zero-order valence-corrected chi connectivity index (χ0v) is 15.5. The molecule has 1 unspecified atom stereocenters. The van der Waals surface area contributed by atoms with Crippen molar-refractivity contribution in [2.75, 3.05) is 39.4 Å². The van der Waals surface area contributed by atoms with Gasteiger partial charge in [0.1, 0.15) is 0 Å². The van der Waals surface area contributed by atoms with Crippen LogP contribution in [0.5, 0.6) is 0 Å². The number of hydrogen-bond acceptors (Lipinski definition) is 5. The van der Waals surface area contributed by atoms with Crippen molar-refractivity contribution in [2.45, 2.75) is 38.6 Å². The van der Waals surface area contributed by atoms with Crippen LogP contribution in [-0.4, -0.2) is 72.2 Å². The van der Waals surface area contributed by atoms with Gasteiger partial charge in [-0.1, -0.05) is 0 Å². The number of urea groups is 1. The average Bonchev–Trinajstić information content (AvgIpc) is 3.27. The number of ether oxygens (including phenoxy) is 1. The molecule has 2 saturated heterocycles. The molecule has 0 saturated carbocycles. The molecule has 3 amide bonds. The first-order valence-electron chi connectivity index (χ1n) is 8.94.